The highest BCUT2D eigenvalue weighted by atomic mass is 32.1. The molecule has 0 unspecified atom stereocenters. The smallest absolute Gasteiger partial charge is 0.253 e. The van der Waals surface area contributed by atoms with E-state index in [0.29, 0.717) is 0 Å². The van der Waals surface area contributed by atoms with Crippen LogP contribution in [-0.2, 0) is 6.42 Å². The number of carbonyl (C=O) groups excluding carboxylic acids is 1. The van der Waals surface area contributed by atoms with E-state index in [-0.39, 0.29) is 5.91 Å². The average Bonchev–Trinajstić information content (AvgIpc) is 3.52. The van der Waals surface area contributed by atoms with E-state index in [1.54, 1.807) is 11.3 Å². The third-order valence-electron chi connectivity index (χ3n) is 6.26. The molecule has 5 nitrogen and oxygen atoms in total. The van der Waals surface area contributed by atoms with Crippen molar-refractivity contribution >= 4 is 29.3 Å². The minimum atomic E-state index is 0.137. The van der Waals surface area contributed by atoms with Crippen molar-refractivity contribution in [2.24, 2.45) is 4.99 Å². The van der Waals surface area contributed by atoms with E-state index in [2.05, 4.69) is 48.2 Å². The van der Waals surface area contributed by atoms with E-state index in [4.69, 9.17) is 4.98 Å². The maximum Gasteiger partial charge on any atom is 0.253 e. The van der Waals surface area contributed by atoms with Crippen LogP contribution in [0.5, 0.6) is 0 Å². The lowest BCUT2D eigenvalue weighted by Crippen LogP contribution is -2.27. The SMILES string of the molecule is CCN(C)C=Nc1cc(C)c(Cc2nc(-c3ccc(C(=O)N4CCCC4)cc3)cs2)cc1C. The van der Waals surface area contributed by atoms with E-state index in [0.717, 1.165) is 66.4 Å². The minimum absolute atomic E-state index is 0.137. The molecule has 1 aromatic heterocycles. The summed E-state index contributed by atoms with van der Waals surface area (Å²) in [5.41, 5.74) is 7.47. The summed E-state index contributed by atoms with van der Waals surface area (Å²) in [5.74, 6) is 0.137. The Balaban J connectivity index is 1.46. The molecule has 1 saturated heterocycles. The summed E-state index contributed by atoms with van der Waals surface area (Å²) >= 11 is 1.68. The summed E-state index contributed by atoms with van der Waals surface area (Å²) < 4.78 is 0. The van der Waals surface area contributed by atoms with Crippen molar-refractivity contribution in [1.29, 1.82) is 0 Å². The largest absolute Gasteiger partial charge is 0.366 e. The first-order valence-electron chi connectivity index (χ1n) is 11.6. The Morgan fingerprint density at radius 3 is 2.58 bits per heavy atom. The van der Waals surface area contributed by atoms with Crippen LogP contribution in [0.2, 0.25) is 0 Å². The number of thiazole rings is 1. The summed E-state index contributed by atoms with van der Waals surface area (Å²) in [6, 6.07) is 12.3. The molecule has 0 radical (unpaired) electrons. The molecular formula is C27H32N4OS. The molecule has 4 rings (SSSR count). The predicted molar refractivity (Wildman–Crippen MR) is 138 cm³/mol. The van der Waals surface area contributed by atoms with Crippen molar-refractivity contribution in [2.45, 2.75) is 40.0 Å². The molecule has 2 aromatic carbocycles. The van der Waals surface area contributed by atoms with Gasteiger partial charge in [-0.25, -0.2) is 9.98 Å². The number of amides is 1. The molecule has 0 atom stereocenters. The van der Waals surface area contributed by atoms with Crippen LogP contribution >= 0.6 is 11.3 Å². The van der Waals surface area contributed by atoms with E-state index in [9.17, 15) is 4.79 Å². The highest BCUT2D eigenvalue weighted by molar-refractivity contribution is 7.10. The molecule has 1 aliphatic heterocycles. The van der Waals surface area contributed by atoms with Gasteiger partial charge in [-0.05, 0) is 68.5 Å². The van der Waals surface area contributed by atoms with Gasteiger partial charge in [0, 0.05) is 49.6 Å². The second kappa shape index (κ2) is 10.3. The molecule has 172 valence electrons. The molecule has 0 aliphatic carbocycles. The van der Waals surface area contributed by atoms with E-state index >= 15 is 0 Å². The number of aromatic nitrogens is 1. The van der Waals surface area contributed by atoms with Gasteiger partial charge in [0.05, 0.1) is 22.7 Å². The Hall–Kier alpha value is -2.99. The number of hydrogen-bond donors (Lipinski definition) is 0. The number of rotatable bonds is 7. The highest BCUT2D eigenvalue weighted by Gasteiger charge is 2.19. The Kier molecular flexibility index (Phi) is 7.23. The maximum atomic E-state index is 12.6. The van der Waals surface area contributed by atoms with Gasteiger partial charge in [0.1, 0.15) is 0 Å². The summed E-state index contributed by atoms with van der Waals surface area (Å²) in [4.78, 5) is 26.1. The Bertz CT molecular complexity index is 1140. The first kappa shape index (κ1) is 23.2. The van der Waals surface area contributed by atoms with Crippen LogP contribution in [0, 0.1) is 13.8 Å². The zero-order valence-corrected chi connectivity index (χ0v) is 20.8. The molecule has 1 amide bonds. The lowest BCUT2D eigenvalue weighted by Gasteiger charge is -2.15. The van der Waals surface area contributed by atoms with Crippen molar-refractivity contribution in [3.63, 3.8) is 0 Å². The first-order chi connectivity index (χ1) is 15.9. The number of hydrogen-bond acceptors (Lipinski definition) is 4. The zero-order chi connectivity index (χ0) is 23.4. The fraction of sp³-hybridized carbons (Fsp3) is 0.370. The molecule has 1 fully saturated rings. The number of likely N-dealkylation sites (tertiary alicyclic amines) is 1. The Morgan fingerprint density at radius 2 is 1.88 bits per heavy atom. The second-order valence-corrected chi connectivity index (χ2v) is 9.71. The average molecular weight is 461 g/mol. The number of aryl methyl sites for hydroxylation is 2. The third-order valence-corrected chi connectivity index (χ3v) is 7.11. The normalized spacial score (nSPS) is 13.8. The lowest BCUT2D eigenvalue weighted by atomic mass is 10.0. The summed E-state index contributed by atoms with van der Waals surface area (Å²) in [5, 5.41) is 3.19. The van der Waals surface area contributed by atoms with E-state index < -0.39 is 0 Å². The minimum Gasteiger partial charge on any atom is -0.366 e. The maximum absolute atomic E-state index is 12.6. The first-order valence-corrected chi connectivity index (χ1v) is 12.5. The van der Waals surface area contributed by atoms with Gasteiger partial charge in [0.15, 0.2) is 0 Å². The van der Waals surface area contributed by atoms with Gasteiger partial charge in [-0.3, -0.25) is 4.79 Å². The molecule has 1 aliphatic rings. The molecule has 6 heteroatoms. The standard InChI is InChI=1S/C27H32N4OS/c1-5-30(4)18-28-24-15-19(2)23(14-20(24)3)16-26-29-25(17-33-26)21-8-10-22(11-9-21)27(32)31-12-6-7-13-31/h8-11,14-15,17-18H,5-7,12-13,16H2,1-4H3. The second-order valence-electron chi connectivity index (χ2n) is 8.76. The fourth-order valence-corrected chi connectivity index (χ4v) is 4.83. The van der Waals surface area contributed by atoms with Crippen molar-refractivity contribution in [1.82, 2.24) is 14.8 Å². The topological polar surface area (TPSA) is 48.8 Å². The Labute approximate surface area is 200 Å². The van der Waals surface area contributed by atoms with Gasteiger partial charge in [0.25, 0.3) is 5.91 Å². The molecule has 33 heavy (non-hydrogen) atoms. The lowest BCUT2D eigenvalue weighted by molar-refractivity contribution is 0.0793. The van der Waals surface area contributed by atoms with Crippen LogP contribution in [0.15, 0.2) is 46.8 Å². The van der Waals surface area contributed by atoms with E-state index in [1.807, 2.05) is 42.6 Å². The molecule has 0 bridgehead atoms. The number of aliphatic imine (C=N–C) groups is 1. The van der Waals surface area contributed by atoms with Crippen LogP contribution in [0.1, 0.15) is 51.8 Å². The fourth-order valence-electron chi connectivity index (χ4n) is 4.01. The van der Waals surface area contributed by atoms with Crippen molar-refractivity contribution in [2.75, 3.05) is 26.7 Å². The molecule has 0 spiro atoms. The molecule has 3 aromatic rings. The van der Waals surface area contributed by atoms with Gasteiger partial charge in [-0.2, -0.15) is 0 Å². The van der Waals surface area contributed by atoms with Gasteiger partial charge in [0.2, 0.25) is 0 Å². The van der Waals surface area contributed by atoms with E-state index in [1.165, 1.54) is 16.7 Å². The Morgan fingerprint density at radius 1 is 1.15 bits per heavy atom. The van der Waals surface area contributed by atoms with Gasteiger partial charge in [-0.1, -0.05) is 18.2 Å². The van der Waals surface area contributed by atoms with Gasteiger partial charge < -0.3 is 9.80 Å². The quantitative estimate of drug-likeness (QED) is 0.327. The monoisotopic (exact) mass is 460 g/mol. The molecule has 0 saturated carbocycles. The number of nitrogens with zero attached hydrogens (tertiary/aromatic N) is 4. The van der Waals surface area contributed by atoms with Crippen LogP contribution < -0.4 is 0 Å². The molecular weight excluding hydrogens is 428 g/mol. The van der Waals surface area contributed by atoms with Crippen LogP contribution in [0.25, 0.3) is 11.3 Å². The summed E-state index contributed by atoms with van der Waals surface area (Å²) in [6.07, 6.45) is 4.91. The van der Waals surface area contributed by atoms with Gasteiger partial charge >= 0.3 is 0 Å². The summed E-state index contributed by atoms with van der Waals surface area (Å²) in [7, 11) is 2.03. The molecule has 0 N–H and O–H groups in total. The third kappa shape index (κ3) is 5.50. The van der Waals surface area contributed by atoms with Crippen LogP contribution in [0.4, 0.5) is 5.69 Å². The van der Waals surface area contributed by atoms with Crippen LogP contribution in [0.3, 0.4) is 0 Å². The number of carbonyl (C=O) groups is 1. The predicted octanol–water partition coefficient (Wildman–Crippen LogP) is 5.87. The van der Waals surface area contributed by atoms with Crippen molar-refractivity contribution < 1.29 is 4.79 Å². The summed E-state index contributed by atoms with van der Waals surface area (Å²) in [6.45, 7) is 9.04. The number of benzene rings is 2. The highest BCUT2D eigenvalue weighted by Crippen LogP contribution is 2.28. The van der Waals surface area contributed by atoms with Crippen molar-refractivity contribution in [3.8, 4) is 11.3 Å². The van der Waals surface area contributed by atoms with Crippen LogP contribution in [-0.4, -0.2) is 53.7 Å². The zero-order valence-electron chi connectivity index (χ0n) is 20.0. The van der Waals surface area contributed by atoms with Gasteiger partial charge in [-0.15, -0.1) is 11.3 Å². The van der Waals surface area contributed by atoms with Crippen molar-refractivity contribution in [3.05, 3.63) is 69.0 Å². The molecule has 2 heterocycles.